The van der Waals surface area contributed by atoms with E-state index in [-0.39, 0.29) is 0 Å². The molecule has 0 spiro atoms. The van der Waals surface area contributed by atoms with Crippen LogP contribution in [0.2, 0.25) is 0 Å². The molecule has 0 fully saturated rings. The van der Waals surface area contributed by atoms with E-state index in [0.717, 1.165) is 27.2 Å². The second kappa shape index (κ2) is 6.47. The van der Waals surface area contributed by atoms with Crippen LogP contribution in [0.3, 0.4) is 0 Å². The van der Waals surface area contributed by atoms with E-state index in [2.05, 4.69) is 36.4 Å². The number of hydrazone groups is 1. The normalized spacial score (nSPS) is 10.8. The van der Waals surface area contributed by atoms with Gasteiger partial charge in [-0.25, -0.2) is 15.4 Å². The molecule has 0 atom stereocenters. The van der Waals surface area contributed by atoms with Crippen LogP contribution in [0.4, 0.5) is 5.95 Å². The molecule has 1 aromatic carbocycles. The van der Waals surface area contributed by atoms with Crippen molar-refractivity contribution in [3.63, 3.8) is 0 Å². The van der Waals surface area contributed by atoms with Crippen molar-refractivity contribution in [2.75, 3.05) is 12.5 Å². The molecule has 1 aromatic heterocycles. The summed E-state index contributed by atoms with van der Waals surface area (Å²) in [5.41, 5.74) is 5.48. The fraction of sp³-hybridized carbons (Fsp3) is 0.214. The summed E-state index contributed by atoms with van der Waals surface area (Å²) >= 11 is 3.42. The largest absolute Gasteiger partial charge is 0.496 e. The Labute approximate surface area is 126 Å². The van der Waals surface area contributed by atoms with Crippen molar-refractivity contribution in [2.45, 2.75) is 13.8 Å². The predicted molar refractivity (Wildman–Crippen MR) is 83.4 cm³/mol. The van der Waals surface area contributed by atoms with Gasteiger partial charge in [0.1, 0.15) is 5.75 Å². The van der Waals surface area contributed by atoms with Crippen molar-refractivity contribution in [1.82, 2.24) is 9.97 Å². The maximum atomic E-state index is 5.27. The zero-order valence-electron chi connectivity index (χ0n) is 11.5. The van der Waals surface area contributed by atoms with Crippen molar-refractivity contribution in [3.8, 4) is 5.75 Å². The van der Waals surface area contributed by atoms with Gasteiger partial charge in [0.2, 0.25) is 5.95 Å². The molecule has 0 radical (unpaired) electrons. The summed E-state index contributed by atoms with van der Waals surface area (Å²) in [6.45, 7) is 3.84. The lowest BCUT2D eigenvalue weighted by molar-refractivity contribution is 0.414. The lowest BCUT2D eigenvalue weighted by Crippen LogP contribution is -2.00. The van der Waals surface area contributed by atoms with Gasteiger partial charge in [-0.1, -0.05) is 15.9 Å². The van der Waals surface area contributed by atoms with Crippen LogP contribution in [-0.4, -0.2) is 23.3 Å². The number of anilines is 1. The molecule has 0 aliphatic rings. The third-order valence-electron chi connectivity index (χ3n) is 2.54. The Balaban J connectivity index is 2.15. The first-order valence-corrected chi connectivity index (χ1v) is 6.82. The number of benzene rings is 1. The minimum Gasteiger partial charge on any atom is -0.496 e. The molecule has 1 N–H and O–H groups in total. The van der Waals surface area contributed by atoms with E-state index < -0.39 is 0 Å². The van der Waals surface area contributed by atoms with Crippen molar-refractivity contribution in [1.29, 1.82) is 0 Å². The lowest BCUT2D eigenvalue weighted by atomic mass is 10.2. The maximum absolute atomic E-state index is 5.27. The predicted octanol–water partition coefficient (Wildman–Crippen LogP) is 3.31. The van der Waals surface area contributed by atoms with E-state index in [4.69, 9.17) is 4.74 Å². The molecule has 0 unspecified atom stereocenters. The fourth-order valence-corrected chi connectivity index (χ4v) is 2.12. The number of hydrogen-bond donors (Lipinski definition) is 1. The molecule has 2 aromatic rings. The maximum Gasteiger partial charge on any atom is 0.243 e. The van der Waals surface area contributed by atoms with Crippen LogP contribution in [0.5, 0.6) is 5.75 Å². The second-order valence-electron chi connectivity index (χ2n) is 4.23. The molecular formula is C14H15BrN4O. The Kier molecular flexibility index (Phi) is 4.68. The number of aromatic nitrogens is 2. The summed E-state index contributed by atoms with van der Waals surface area (Å²) in [6, 6.07) is 7.62. The average Bonchev–Trinajstić information content (AvgIpc) is 2.38. The minimum atomic E-state index is 0.479. The van der Waals surface area contributed by atoms with Crippen LogP contribution in [0, 0.1) is 13.8 Å². The second-order valence-corrected chi connectivity index (χ2v) is 5.15. The van der Waals surface area contributed by atoms with Crippen LogP contribution >= 0.6 is 15.9 Å². The van der Waals surface area contributed by atoms with E-state index in [0.29, 0.717) is 5.95 Å². The molecule has 0 aliphatic heterocycles. The van der Waals surface area contributed by atoms with Gasteiger partial charge in [-0.2, -0.15) is 5.10 Å². The van der Waals surface area contributed by atoms with E-state index in [1.54, 1.807) is 13.3 Å². The highest BCUT2D eigenvalue weighted by atomic mass is 79.9. The number of hydrogen-bond acceptors (Lipinski definition) is 5. The van der Waals surface area contributed by atoms with Gasteiger partial charge in [0.05, 0.1) is 13.3 Å². The van der Waals surface area contributed by atoms with Gasteiger partial charge >= 0.3 is 0 Å². The summed E-state index contributed by atoms with van der Waals surface area (Å²) in [4.78, 5) is 8.50. The number of aryl methyl sites for hydroxylation is 2. The number of halogens is 1. The third kappa shape index (κ3) is 3.77. The molecule has 1 heterocycles. The zero-order valence-corrected chi connectivity index (χ0v) is 13.1. The summed E-state index contributed by atoms with van der Waals surface area (Å²) in [5, 5.41) is 4.14. The number of nitrogens with zero attached hydrogens (tertiary/aromatic N) is 3. The van der Waals surface area contributed by atoms with Crippen LogP contribution < -0.4 is 10.2 Å². The molecular weight excluding hydrogens is 320 g/mol. The number of nitrogens with one attached hydrogen (secondary N) is 1. The highest BCUT2D eigenvalue weighted by Gasteiger charge is 2.01. The fourth-order valence-electron chi connectivity index (χ4n) is 1.74. The first kappa shape index (κ1) is 14.5. The SMILES string of the molecule is COc1ccc(Br)cc1/C=N\Nc1nc(C)cc(C)n1. The van der Waals surface area contributed by atoms with Crippen molar-refractivity contribution in [2.24, 2.45) is 5.10 Å². The first-order valence-electron chi connectivity index (χ1n) is 6.03. The summed E-state index contributed by atoms with van der Waals surface area (Å²) in [7, 11) is 1.63. The zero-order chi connectivity index (χ0) is 14.5. The number of rotatable bonds is 4. The van der Waals surface area contributed by atoms with Gasteiger partial charge in [0.25, 0.3) is 0 Å². The molecule has 104 valence electrons. The lowest BCUT2D eigenvalue weighted by Gasteiger charge is -2.05. The van der Waals surface area contributed by atoms with Gasteiger partial charge in [-0.05, 0) is 38.1 Å². The highest BCUT2D eigenvalue weighted by Crippen LogP contribution is 2.21. The van der Waals surface area contributed by atoms with Crippen molar-refractivity contribution < 1.29 is 4.74 Å². The van der Waals surface area contributed by atoms with Crippen molar-refractivity contribution in [3.05, 3.63) is 45.7 Å². The molecule has 6 heteroatoms. The molecule has 0 amide bonds. The minimum absolute atomic E-state index is 0.479. The quantitative estimate of drug-likeness (QED) is 0.688. The number of ether oxygens (including phenoxy) is 1. The molecule has 0 saturated carbocycles. The summed E-state index contributed by atoms with van der Waals surface area (Å²) < 4.78 is 6.23. The van der Waals surface area contributed by atoms with Gasteiger partial charge < -0.3 is 4.74 Å². The van der Waals surface area contributed by atoms with E-state index in [9.17, 15) is 0 Å². The highest BCUT2D eigenvalue weighted by molar-refractivity contribution is 9.10. The van der Waals surface area contributed by atoms with Gasteiger partial charge in [-0.15, -0.1) is 0 Å². The van der Waals surface area contributed by atoms with Crippen LogP contribution in [0.15, 0.2) is 33.8 Å². The Hall–Kier alpha value is -1.95. The Morgan fingerprint density at radius 3 is 2.55 bits per heavy atom. The summed E-state index contributed by atoms with van der Waals surface area (Å²) in [6.07, 6.45) is 1.67. The molecule has 20 heavy (non-hydrogen) atoms. The molecule has 2 rings (SSSR count). The first-order chi connectivity index (χ1) is 9.58. The molecule has 0 bridgehead atoms. The van der Waals surface area contributed by atoms with Crippen molar-refractivity contribution >= 4 is 28.1 Å². The molecule has 0 aliphatic carbocycles. The topological polar surface area (TPSA) is 59.4 Å². The Bertz CT molecular complexity index is 623. The Morgan fingerprint density at radius 1 is 1.20 bits per heavy atom. The third-order valence-corrected chi connectivity index (χ3v) is 3.04. The van der Waals surface area contributed by atoms with Crippen LogP contribution in [-0.2, 0) is 0 Å². The van der Waals surface area contributed by atoms with Gasteiger partial charge in [-0.3, -0.25) is 0 Å². The van der Waals surface area contributed by atoms with E-state index in [1.807, 2.05) is 38.1 Å². The number of methoxy groups -OCH3 is 1. The van der Waals surface area contributed by atoms with E-state index >= 15 is 0 Å². The molecule has 0 saturated heterocycles. The monoisotopic (exact) mass is 334 g/mol. The van der Waals surface area contributed by atoms with Crippen LogP contribution in [0.25, 0.3) is 0 Å². The van der Waals surface area contributed by atoms with Gasteiger partial charge in [0, 0.05) is 21.4 Å². The Morgan fingerprint density at radius 2 is 1.90 bits per heavy atom. The average molecular weight is 335 g/mol. The van der Waals surface area contributed by atoms with Crippen LogP contribution in [0.1, 0.15) is 17.0 Å². The molecule has 5 nitrogen and oxygen atoms in total. The smallest absolute Gasteiger partial charge is 0.243 e. The standard InChI is InChI=1S/C14H15BrN4O/c1-9-6-10(2)18-14(17-9)19-16-8-11-7-12(15)4-5-13(11)20-3/h4-8H,1-3H3,(H,17,18,19)/b16-8-. The van der Waals surface area contributed by atoms with E-state index in [1.165, 1.54) is 0 Å². The summed E-state index contributed by atoms with van der Waals surface area (Å²) in [5.74, 6) is 1.23. The van der Waals surface area contributed by atoms with Gasteiger partial charge in [0.15, 0.2) is 0 Å².